The van der Waals surface area contributed by atoms with Gasteiger partial charge in [-0.25, -0.2) is 15.0 Å². The summed E-state index contributed by atoms with van der Waals surface area (Å²) < 4.78 is 0. The maximum Gasteiger partial charge on any atom is 0.132 e. The molecular formula is C21H29N5S. The number of aromatic nitrogens is 3. The van der Waals surface area contributed by atoms with Gasteiger partial charge in [-0.05, 0) is 43.4 Å². The van der Waals surface area contributed by atoms with E-state index in [1.54, 1.807) is 11.2 Å². The number of likely N-dealkylation sites (tertiary alicyclic amines) is 1. The Labute approximate surface area is 165 Å². The zero-order valence-corrected chi connectivity index (χ0v) is 17.2. The van der Waals surface area contributed by atoms with Crippen LogP contribution in [0.3, 0.4) is 0 Å². The van der Waals surface area contributed by atoms with Crippen LogP contribution in [0.2, 0.25) is 0 Å². The number of rotatable bonds is 4. The molecular weight excluding hydrogens is 354 g/mol. The van der Waals surface area contributed by atoms with Crippen molar-refractivity contribution in [3.05, 3.63) is 33.7 Å². The molecule has 0 radical (unpaired) electrons. The van der Waals surface area contributed by atoms with E-state index in [0.29, 0.717) is 5.92 Å². The Morgan fingerprint density at radius 2 is 1.85 bits per heavy atom. The minimum atomic E-state index is 0.452. The van der Waals surface area contributed by atoms with Gasteiger partial charge in [0.25, 0.3) is 0 Å². The third-order valence-electron chi connectivity index (χ3n) is 6.40. The van der Waals surface area contributed by atoms with E-state index in [4.69, 9.17) is 4.98 Å². The average Bonchev–Trinajstić information content (AvgIpc) is 3.34. The first kappa shape index (κ1) is 17.6. The van der Waals surface area contributed by atoms with Crippen molar-refractivity contribution in [1.82, 2.24) is 19.9 Å². The van der Waals surface area contributed by atoms with Crippen molar-refractivity contribution in [1.29, 1.82) is 0 Å². The van der Waals surface area contributed by atoms with Crippen LogP contribution in [0.1, 0.15) is 53.9 Å². The van der Waals surface area contributed by atoms with Gasteiger partial charge in [0.1, 0.15) is 17.2 Å². The molecule has 2 atom stereocenters. The minimum Gasteiger partial charge on any atom is -0.356 e. The lowest BCUT2D eigenvalue weighted by atomic mass is 10.0. The molecule has 0 spiro atoms. The topological polar surface area (TPSA) is 45.2 Å². The molecule has 2 unspecified atom stereocenters. The van der Waals surface area contributed by atoms with Crippen LogP contribution in [0.15, 0.2) is 12.4 Å². The highest BCUT2D eigenvalue weighted by molar-refractivity contribution is 7.11. The molecule has 4 heterocycles. The largest absolute Gasteiger partial charge is 0.356 e. The molecule has 0 amide bonds. The third kappa shape index (κ3) is 3.49. The molecule has 6 heteroatoms. The van der Waals surface area contributed by atoms with E-state index in [9.17, 15) is 0 Å². The standard InChI is InChI=1S/C21H29N5S/c1-14(2)18-7-20(23-13-22-18)26-10-15-8-25(9-16(15)11-26)12-21-24-17-5-3-4-6-19(17)27-21/h7,13-16H,3-6,8-12H2,1-2H3. The van der Waals surface area contributed by atoms with Crippen LogP contribution < -0.4 is 4.90 Å². The molecule has 0 saturated carbocycles. The fourth-order valence-corrected chi connectivity index (χ4v) is 6.12. The smallest absolute Gasteiger partial charge is 0.132 e. The third-order valence-corrected chi connectivity index (χ3v) is 7.54. The van der Waals surface area contributed by atoms with E-state index < -0.39 is 0 Å². The van der Waals surface area contributed by atoms with E-state index >= 15 is 0 Å². The highest BCUT2D eigenvalue weighted by atomic mass is 32.1. The molecule has 27 heavy (non-hydrogen) atoms. The first-order valence-corrected chi connectivity index (χ1v) is 11.2. The maximum atomic E-state index is 4.95. The second-order valence-electron chi connectivity index (χ2n) is 8.76. The molecule has 2 aromatic heterocycles. The van der Waals surface area contributed by atoms with Gasteiger partial charge in [0.2, 0.25) is 0 Å². The Hall–Kier alpha value is -1.53. The Bertz CT molecular complexity index is 779. The first-order valence-electron chi connectivity index (χ1n) is 10.4. The Morgan fingerprint density at radius 3 is 2.59 bits per heavy atom. The summed E-state index contributed by atoms with van der Waals surface area (Å²) in [6.07, 6.45) is 6.85. The van der Waals surface area contributed by atoms with Crippen LogP contribution >= 0.6 is 11.3 Å². The molecule has 2 aliphatic heterocycles. The van der Waals surface area contributed by atoms with Crippen molar-refractivity contribution in [2.75, 3.05) is 31.1 Å². The zero-order chi connectivity index (χ0) is 18.4. The summed E-state index contributed by atoms with van der Waals surface area (Å²) in [6.45, 7) is 10.1. The molecule has 1 aliphatic carbocycles. The van der Waals surface area contributed by atoms with Crippen LogP contribution in [-0.2, 0) is 19.4 Å². The van der Waals surface area contributed by atoms with Gasteiger partial charge in [-0.1, -0.05) is 13.8 Å². The fraction of sp³-hybridized carbons (Fsp3) is 0.667. The van der Waals surface area contributed by atoms with Gasteiger partial charge in [-0.2, -0.15) is 0 Å². The summed E-state index contributed by atoms with van der Waals surface area (Å²) in [6, 6.07) is 2.18. The number of thiazole rings is 1. The zero-order valence-electron chi connectivity index (χ0n) is 16.4. The normalized spacial score (nSPS) is 25.2. The summed E-state index contributed by atoms with van der Waals surface area (Å²) in [7, 11) is 0. The monoisotopic (exact) mass is 383 g/mol. The van der Waals surface area contributed by atoms with E-state index in [-0.39, 0.29) is 0 Å². The number of fused-ring (bicyclic) bond motifs is 2. The van der Waals surface area contributed by atoms with Crippen molar-refractivity contribution < 1.29 is 0 Å². The summed E-state index contributed by atoms with van der Waals surface area (Å²) in [5.41, 5.74) is 2.54. The summed E-state index contributed by atoms with van der Waals surface area (Å²) in [5.74, 6) is 3.09. The molecule has 2 saturated heterocycles. The van der Waals surface area contributed by atoms with Crippen molar-refractivity contribution in [2.45, 2.75) is 52.0 Å². The lowest BCUT2D eigenvalue weighted by Crippen LogP contribution is -2.29. The predicted molar refractivity (Wildman–Crippen MR) is 109 cm³/mol. The van der Waals surface area contributed by atoms with Gasteiger partial charge in [-0.3, -0.25) is 4.90 Å². The second kappa shape index (κ2) is 7.13. The van der Waals surface area contributed by atoms with Gasteiger partial charge >= 0.3 is 0 Å². The SMILES string of the molecule is CC(C)c1cc(N2CC3CN(Cc4nc5c(s4)CCCC5)CC3C2)ncn1. The maximum absolute atomic E-state index is 4.95. The van der Waals surface area contributed by atoms with Gasteiger partial charge in [0.15, 0.2) is 0 Å². The number of hydrogen-bond acceptors (Lipinski definition) is 6. The first-order chi connectivity index (χ1) is 13.2. The summed E-state index contributed by atoms with van der Waals surface area (Å²) >= 11 is 1.97. The summed E-state index contributed by atoms with van der Waals surface area (Å²) in [5, 5.41) is 1.34. The Morgan fingerprint density at radius 1 is 1.07 bits per heavy atom. The van der Waals surface area contributed by atoms with Gasteiger partial charge in [-0.15, -0.1) is 11.3 Å². The Kier molecular flexibility index (Phi) is 4.64. The van der Waals surface area contributed by atoms with E-state index in [2.05, 4.69) is 39.7 Å². The number of nitrogens with zero attached hydrogens (tertiary/aromatic N) is 5. The van der Waals surface area contributed by atoms with Gasteiger partial charge in [0.05, 0.1) is 12.2 Å². The van der Waals surface area contributed by atoms with Crippen molar-refractivity contribution in [2.24, 2.45) is 11.8 Å². The molecule has 5 nitrogen and oxygen atoms in total. The van der Waals surface area contributed by atoms with Crippen LogP contribution in [0.25, 0.3) is 0 Å². The summed E-state index contributed by atoms with van der Waals surface area (Å²) in [4.78, 5) is 20.6. The molecule has 0 bridgehead atoms. The van der Waals surface area contributed by atoms with E-state index in [1.807, 2.05) is 11.3 Å². The van der Waals surface area contributed by atoms with Crippen molar-refractivity contribution in [3.63, 3.8) is 0 Å². The minimum absolute atomic E-state index is 0.452. The molecule has 3 aliphatic rings. The molecule has 2 aromatic rings. The number of aryl methyl sites for hydroxylation is 2. The van der Waals surface area contributed by atoms with E-state index in [1.165, 1.54) is 49.5 Å². The van der Waals surface area contributed by atoms with Crippen LogP contribution in [0.5, 0.6) is 0 Å². The molecule has 0 N–H and O–H groups in total. The lowest BCUT2D eigenvalue weighted by Gasteiger charge is -2.22. The molecule has 5 rings (SSSR count). The lowest BCUT2D eigenvalue weighted by molar-refractivity contribution is 0.308. The number of hydrogen-bond donors (Lipinski definition) is 0. The van der Waals surface area contributed by atoms with Gasteiger partial charge < -0.3 is 4.90 Å². The van der Waals surface area contributed by atoms with Gasteiger partial charge in [0, 0.05) is 42.8 Å². The number of anilines is 1. The fourth-order valence-electron chi connectivity index (χ4n) is 4.92. The predicted octanol–water partition coefficient (Wildman–Crippen LogP) is 3.50. The van der Waals surface area contributed by atoms with Crippen LogP contribution in [0, 0.1) is 11.8 Å². The van der Waals surface area contributed by atoms with E-state index in [0.717, 1.165) is 43.0 Å². The molecule has 2 fully saturated rings. The second-order valence-corrected chi connectivity index (χ2v) is 9.93. The van der Waals surface area contributed by atoms with Crippen molar-refractivity contribution in [3.8, 4) is 0 Å². The molecule has 144 valence electrons. The highest BCUT2D eigenvalue weighted by Gasteiger charge is 2.40. The van der Waals surface area contributed by atoms with Crippen LogP contribution in [0.4, 0.5) is 5.82 Å². The average molecular weight is 384 g/mol. The Balaban J connectivity index is 1.21. The highest BCUT2D eigenvalue weighted by Crippen LogP contribution is 2.35. The quantitative estimate of drug-likeness (QED) is 0.808. The molecule has 0 aromatic carbocycles. The van der Waals surface area contributed by atoms with Crippen LogP contribution in [-0.4, -0.2) is 46.0 Å². The van der Waals surface area contributed by atoms with Crippen molar-refractivity contribution >= 4 is 17.2 Å².